The number of aliphatic hydroxyl groups is 1. The lowest BCUT2D eigenvalue weighted by Crippen LogP contribution is -2.42. The first-order valence-corrected chi connectivity index (χ1v) is 5.38. The number of aromatic nitrogens is 1. The minimum Gasteiger partial charge on any atom is -0.391 e. The predicted molar refractivity (Wildman–Crippen MR) is 58.6 cm³/mol. The van der Waals surface area contributed by atoms with Crippen LogP contribution in [0, 0.1) is 10.1 Å². The van der Waals surface area contributed by atoms with Crippen LogP contribution in [0.1, 0.15) is 23.3 Å². The first-order chi connectivity index (χ1) is 8.08. The summed E-state index contributed by atoms with van der Waals surface area (Å²) < 4.78 is 0. The molecule has 0 radical (unpaired) electrons. The summed E-state index contributed by atoms with van der Waals surface area (Å²) in [7, 11) is 0. The van der Waals surface area contributed by atoms with Gasteiger partial charge in [0.05, 0.1) is 6.10 Å². The molecule has 0 aromatic carbocycles. The highest BCUT2D eigenvalue weighted by molar-refractivity contribution is 5.93. The monoisotopic (exact) mass is 239 g/mol. The summed E-state index contributed by atoms with van der Waals surface area (Å²) >= 11 is 0. The van der Waals surface area contributed by atoms with E-state index >= 15 is 0 Å². The molecule has 7 heteroatoms. The van der Waals surface area contributed by atoms with E-state index in [0.717, 1.165) is 6.42 Å². The molecule has 1 aromatic heterocycles. The number of rotatable bonds is 2. The third kappa shape index (κ3) is 2.44. The Morgan fingerprint density at radius 1 is 1.59 bits per heavy atom. The van der Waals surface area contributed by atoms with Crippen molar-refractivity contribution in [2.75, 3.05) is 13.1 Å². The number of hydrogen-bond acceptors (Lipinski definition) is 4. The largest absolute Gasteiger partial charge is 0.391 e. The van der Waals surface area contributed by atoms with Crippen LogP contribution in [-0.4, -0.2) is 45.0 Å². The van der Waals surface area contributed by atoms with Gasteiger partial charge in [-0.05, 0) is 23.8 Å². The zero-order chi connectivity index (χ0) is 12.4. The van der Waals surface area contributed by atoms with Gasteiger partial charge in [0.15, 0.2) is 5.69 Å². The normalized spacial score (nSPS) is 20.3. The van der Waals surface area contributed by atoms with Crippen molar-refractivity contribution in [2.24, 2.45) is 0 Å². The molecule has 1 atom stereocenters. The Balaban J connectivity index is 2.10. The number of carbonyl (C=O) groups is 1. The van der Waals surface area contributed by atoms with Gasteiger partial charge in [-0.25, -0.2) is 4.98 Å². The molecule has 0 spiro atoms. The van der Waals surface area contributed by atoms with E-state index in [0.29, 0.717) is 13.0 Å². The Bertz CT molecular complexity index is 443. The molecule has 0 aliphatic carbocycles. The van der Waals surface area contributed by atoms with Crippen molar-refractivity contribution in [3.63, 3.8) is 0 Å². The number of amides is 1. The number of piperidine rings is 1. The summed E-state index contributed by atoms with van der Waals surface area (Å²) in [5, 5.41) is 19.9. The van der Waals surface area contributed by atoms with Crippen molar-refractivity contribution in [1.29, 1.82) is 0 Å². The minimum absolute atomic E-state index is 0.186. The van der Waals surface area contributed by atoms with Crippen LogP contribution in [0.15, 0.2) is 12.1 Å². The number of nitro groups is 1. The van der Waals surface area contributed by atoms with Gasteiger partial charge in [-0.15, -0.1) is 0 Å². The molecule has 2 heterocycles. The van der Waals surface area contributed by atoms with Crippen molar-refractivity contribution in [1.82, 2.24) is 9.88 Å². The van der Waals surface area contributed by atoms with Crippen LogP contribution >= 0.6 is 0 Å². The van der Waals surface area contributed by atoms with E-state index in [9.17, 15) is 20.0 Å². The van der Waals surface area contributed by atoms with Crippen molar-refractivity contribution < 1.29 is 14.8 Å². The summed E-state index contributed by atoms with van der Waals surface area (Å²) in [5.74, 6) is -0.511. The molecule has 1 fully saturated rings. The lowest BCUT2D eigenvalue weighted by molar-refractivity contribution is -0.389. The van der Waals surface area contributed by atoms with E-state index in [-0.39, 0.29) is 24.0 Å². The molecule has 1 unspecified atom stereocenters. The number of hydrogen-bond donors (Lipinski definition) is 2. The summed E-state index contributed by atoms with van der Waals surface area (Å²) in [5.41, 5.74) is 0.186. The van der Waals surface area contributed by atoms with Gasteiger partial charge in [-0.1, -0.05) is 0 Å². The summed E-state index contributed by atoms with van der Waals surface area (Å²) in [4.78, 5) is 25.8. The molecule has 17 heavy (non-hydrogen) atoms. The average molecular weight is 239 g/mol. The molecular formula is C10H13N3O4. The molecule has 0 saturated carbocycles. The van der Waals surface area contributed by atoms with E-state index in [1.807, 2.05) is 0 Å². The molecule has 1 amide bonds. The molecule has 92 valence electrons. The maximum absolute atomic E-state index is 11.9. The zero-order valence-electron chi connectivity index (χ0n) is 9.13. The molecular weight excluding hydrogens is 226 g/mol. The van der Waals surface area contributed by atoms with Gasteiger partial charge in [0, 0.05) is 19.2 Å². The first kappa shape index (κ1) is 11.6. The zero-order valence-corrected chi connectivity index (χ0v) is 9.13. The predicted octanol–water partition coefficient (Wildman–Crippen LogP) is 0.520. The highest BCUT2D eigenvalue weighted by Gasteiger charge is 2.26. The Hall–Kier alpha value is -1.89. The standard InChI is InChI=1S/C10H13N3O4/c14-7-2-1-5-12(6-7)10(15)8-3-4-9(11-8)13(16)17/h3-4,7,11,14H,1-2,5-6H2. The SMILES string of the molecule is O=C(c1ccc([N+](=O)[O-])[nH]1)N1CCCC(O)C1. The lowest BCUT2D eigenvalue weighted by atomic mass is 10.1. The van der Waals surface area contributed by atoms with E-state index in [2.05, 4.69) is 4.98 Å². The van der Waals surface area contributed by atoms with E-state index in [4.69, 9.17) is 0 Å². The Morgan fingerprint density at radius 2 is 2.35 bits per heavy atom. The first-order valence-electron chi connectivity index (χ1n) is 5.38. The Labute approximate surface area is 97.2 Å². The average Bonchev–Trinajstić information content (AvgIpc) is 2.77. The fourth-order valence-corrected chi connectivity index (χ4v) is 1.92. The molecule has 1 aliphatic rings. The van der Waals surface area contributed by atoms with Crippen LogP contribution < -0.4 is 0 Å². The molecule has 1 saturated heterocycles. The van der Waals surface area contributed by atoms with Crippen LogP contribution in [0.3, 0.4) is 0 Å². The number of likely N-dealkylation sites (tertiary alicyclic amines) is 1. The van der Waals surface area contributed by atoms with Crippen LogP contribution in [0.5, 0.6) is 0 Å². The number of aromatic amines is 1. The van der Waals surface area contributed by atoms with Gasteiger partial charge < -0.3 is 20.1 Å². The third-order valence-electron chi connectivity index (χ3n) is 2.78. The highest BCUT2D eigenvalue weighted by Crippen LogP contribution is 2.15. The van der Waals surface area contributed by atoms with Gasteiger partial charge >= 0.3 is 5.82 Å². The van der Waals surface area contributed by atoms with E-state index in [1.54, 1.807) is 0 Å². The lowest BCUT2D eigenvalue weighted by Gasteiger charge is -2.29. The van der Waals surface area contributed by atoms with Crippen LogP contribution in [0.25, 0.3) is 0 Å². The third-order valence-corrected chi connectivity index (χ3v) is 2.78. The fourth-order valence-electron chi connectivity index (χ4n) is 1.92. The molecule has 0 bridgehead atoms. The van der Waals surface area contributed by atoms with Crippen molar-refractivity contribution in [3.8, 4) is 0 Å². The number of nitrogens with one attached hydrogen (secondary N) is 1. The van der Waals surface area contributed by atoms with E-state index < -0.39 is 11.0 Å². The fraction of sp³-hybridized carbons (Fsp3) is 0.500. The number of nitrogens with zero attached hydrogens (tertiary/aromatic N) is 2. The van der Waals surface area contributed by atoms with Gasteiger partial charge in [-0.3, -0.25) is 4.79 Å². The van der Waals surface area contributed by atoms with Gasteiger partial charge in [0.25, 0.3) is 5.91 Å². The smallest absolute Gasteiger partial charge is 0.321 e. The maximum atomic E-state index is 11.9. The van der Waals surface area contributed by atoms with E-state index in [1.165, 1.54) is 17.0 Å². The second-order valence-electron chi connectivity index (χ2n) is 4.06. The van der Waals surface area contributed by atoms with Gasteiger partial charge in [0.1, 0.15) is 0 Å². The second-order valence-corrected chi connectivity index (χ2v) is 4.06. The number of H-pyrrole nitrogens is 1. The van der Waals surface area contributed by atoms with Crippen LogP contribution in [0.2, 0.25) is 0 Å². The molecule has 2 N–H and O–H groups in total. The summed E-state index contributed by atoms with van der Waals surface area (Å²) in [6, 6.07) is 2.65. The Kier molecular flexibility index (Phi) is 3.10. The van der Waals surface area contributed by atoms with Gasteiger partial charge in [-0.2, -0.15) is 0 Å². The van der Waals surface area contributed by atoms with Gasteiger partial charge in [0.2, 0.25) is 0 Å². The van der Waals surface area contributed by atoms with Crippen LogP contribution in [-0.2, 0) is 0 Å². The highest BCUT2D eigenvalue weighted by atomic mass is 16.6. The molecule has 2 rings (SSSR count). The number of carbonyl (C=O) groups excluding carboxylic acids is 1. The summed E-state index contributed by atoms with van der Waals surface area (Å²) in [6.07, 6.45) is 0.933. The minimum atomic E-state index is -0.582. The van der Waals surface area contributed by atoms with Crippen molar-refractivity contribution in [2.45, 2.75) is 18.9 Å². The topological polar surface area (TPSA) is 99.5 Å². The summed E-state index contributed by atoms with van der Waals surface area (Å²) in [6.45, 7) is 0.856. The molecule has 1 aromatic rings. The maximum Gasteiger partial charge on any atom is 0.321 e. The molecule has 7 nitrogen and oxygen atoms in total. The quantitative estimate of drug-likeness (QED) is 0.580. The van der Waals surface area contributed by atoms with Crippen LogP contribution in [0.4, 0.5) is 5.82 Å². The van der Waals surface area contributed by atoms with Crippen molar-refractivity contribution >= 4 is 11.7 Å². The number of β-amino-alcohol motifs (C(OH)–C–C–N with tert-alkyl or cyclic N) is 1. The second kappa shape index (κ2) is 4.54. The van der Waals surface area contributed by atoms with Crippen molar-refractivity contribution in [3.05, 3.63) is 27.9 Å². The molecule has 1 aliphatic heterocycles. The Morgan fingerprint density at radius 3 is 2.94 bits per heavy atom. The number of aliphatic hydroxyl groups excluding tert-OH is 1.